The van der Waals surface area contributed by atoms with E-state index >= 15 is 0 Å². The summed E-state index contributed by atoms with van der Waals surface area (Å²) in [4.78, 5) is 14.5. The Morgan fingerprint density at radius 3 is 2.72 bits per heavy atom. The van der Waals surface area contributed by atoms with Crippen molar-refractivity contribution in [2.75, 3.05) is 32.8 Å². The topological polar surface area (TPSA) is 41.6 Å². The fraction of sp³-hybridized carbons (Fsp3) is 0.929. The van der Waals surface area contributed by atoms with Crippen molar-refractivity contribution in [3.8, 4) is 0 Å². The second kappa shape index (κ2) is 7.10. The van der Waals surface area contributed by atoms with Crippen LogP contribution < -0.4 is 5.32 Å². The van der Waals surface area contributed by atoms with Gasteiger partial charge in [0, 0.05) is 13.1 Å². The van der Waals surface area contributed by atoms with Gasteiger partial charge < -0.3 is 15.0 Å². The first-order valence-electron chi connectivity index (χ1n) is 7.16. The van der Waals surface area contributed by atoms with E-state index in [1.54, 1.807) is 0 Å². The van der Waals surface area contributed by atoms with E-state index in [-0.39, 0.29) is 5.97 Å². The minimum absolute atomic E-state index is 0.126. The molecule has 1 heterocycles. The molecule has 1 aliphatic heterocycles. The summed E-state index contributed by atoms with van der Waals surface area (Å²) < 4.78 is 5.18. The largest absolute Gasteiger partial charge is 0.465 e. The molecule has 1 N–H and O–H groups in total. The number of hydrogen-bond donors (Lipinski definition) is 1. The maximum atomic E-state index is 12.0. The lowest BCUT2D eigenvalue weighted by Gasteiger charge is -2.30. The molecular formula is C14H28N2O2. The van der Waals surface area contributed by atoms with Crippen LogP contribution in [0.2, 0.25) is 0 Å². The highest BCUT2D eigenvalue weighted by Gasteiger charge is 2.34. The summed E-state index contributed by atoms with van der Waals surface area (Å²) >= 11 is 0. The van der Waals surface area contributed by atoms with Crippen molar-refractivity contribution in [1.29, 1.82) is 0 Å². The highest BCUT2D eigenvalue weighted by Crippen LogP contribution is 2.19. The molecule has 0 aliphatic carbocycles. The number of hydrogen-bond acceptors (Lipinski definition) is 4. The maximum absolute atomic E-state index is 12.0. The molecule has 0 bridgehead atoms. The first-order valence-corrected chi connectivity index (χ1v) is 7.16. The molecule has 106 valence electrons. The van der Waals surface area contributed by atoms with Crippen LogP contribution in [0.15, 0.2) is 0 Å². The molecule has 2 unspecified atom stereocenters. The summed E-state index contributed by atoms with van der Waals surface area (Å²) in [5.74, 6) is 0.664. The lowest BCUT2D eigenvalue weighted by molar-refractivity contribution is -0.151. The molecule has 1 rings (SSSR count). The zero-order chi connectivity index (χ0) is 13.6. The zero-order valence-electron chi connectivity index (χ0n) is 12.3. The van der Waals surface area contributed by atoms with Gasteiger partial charge in [0.25, 0.3) is 0 Å². The number of likely N-dealkylation sites (N-methyl/N-ethyl adjacent to an activating group) is 1. The van der Waals surface area contributed by atoms with Crippen molar-refractivity contribution < 1.29 is 9.53 Å². The van der Waals surface area contributed by atoms with E-state index < -0.39 is 5.54 Å². The first-order chi connectivity index (χ1) is 8.51. The third kappa shape index (κ3) is 4.25. The van der Waals surface area contributed by atoms with Gasteiger partial charge in [-0.3, -0.25) is 4.79 Å². The van der Waals surface area contributed by atoms with Crippen LogP contribution in [0.4, 0.5) is 0 Å². The standard InChI is InChI=1S/C14H28N2O2/c1-5-15-14(4,13(17)18-6-2)8-10-16-9-7-12(3)11-16/h12,15H,5-11H2,1-4H3. The van der Waals surface area contributed by atoms with Crippen LogP contribution in [0.1, 0.15) is 40.5 Å². The molecule has 0 saturated carbocycles. The predicted molar refractivity (Wildman–Crippen MR) is 73.6 cm³/mol. The summed E-state index contributed by atoms with van der Waals surface area (Å²) in [7, 11) is 0. The fourth-order valence-corrected chi connectivity index (χ4v) is 2.55. The molecule has 4 nitrogen and oxygen atoms in total. The molecule has 18 heavy (non-hydrogen) atoms. The summed E-state index contributed by atoms with van der Waals surface area (Å²) in [6, 6.07) is 0. The average Bonchev–Trinajstić information content (AvgIpc) is 2.73. The van der Waals surface area contributed by atoms with E-state index in [1.807, 2.05) is 20.8 Å². The molecule has 0 aromatic heterocycles. The number of esters is 1. The van der Waals surface area contributed by atoms with Gasteiger partial charge in [0.15, 0.2) is 0 Å². The second-order valence-corrected chi connectivity index (χ2v) is 5.53. The Morgan fingerprint density at radius 1 is 1.50 bits per heavy atom. The van der Waals surface area contributed by atoms with Crippen LogP contribution in [-0.4, -0.2) is 49.2 Å². The van der Waals surface area contributed by atoms with Crippen LogP contribution in [0.25, 0.3) is 0 Å². The Bertz CT molecular complexity index is 271. The Balaban J connectivity index is 2.48. The molecule has 0 aromatic carbocycles. The lowest BCUT2D eigenvalue weighted by atomic mass is 9.97. The summed E-state index contributed by atoms with van der Waals surface area (Å²) in [5.41, 5.74) is -0.545. The highest BCUT2D eigenvalue weighted by molar-refractivity contribution is 5.80. The van der Waals surface area contributed by atoms with Gasteiger partial charge in [0.1, 0.15) is 5.54 Å². The number of likely N-dealkylation sites (tertiary alicyclic amines) is 1. The van der Waals surface area contributed by atoms with Gasteiger partial charge in [0.2, 0.25) is 0 Å². The summed E-state index contributed by atoms with van der Waals surface area (Å²) in [6.45, 7) is 12.6. The summed E-state index contributed by atoms with van der Waals surface area (Å²) in [6.07, 6.45) is 2.09. The molecule has 0 amide bonds. The van der Waals surface area contributed by atoms with E-state index in [9.17, 15) is 4.79 Å². The van der Waals surface area contributed by atoms with Crippen LogP contribution in [0.5, 0.6) is 0 Å². The number of nitrogens with one attached hydrogen (secondary N) is 1. The molecular weight excluding hydrogens is 228 g/mol. The second-order valence-electron chi connectivity index (χ2n) is 5.53. The van der Waals surface area contributed by atoms with Crippen LogP contribution >= 0.6 is 0 Å². The normalized spacial score (nSPS) is 23.9. The van der Waals surface area contributed by atoms with Crippen molar-refractivity contribution in [2.24, 2.45) is 5.92 Å². The van der Waals surface area contributed by atoms with E-state index in [4.69, 9.17) is 4.74 Å². The van der Waals surface area contributed by atoms with E-state index in [2.05, 4.69) is 17.1 Å². The van der Waals surface area contributed by atoms with Crippen LogP contribution in [0.3, 0.4) is 0 Å². The van der Waals surface area contributed by atoms with E-state index in [1.165, 1.54) is 6.42 Å². The molecule has 0 radical (unpaired) electrons. The Morgan fingerprint density at radius 2 is 2.22 bits per heavy atom. The quantitative estimate of drug-likeness (QED) is 0.703. The van der Waals surface area contributed by atoms with Crippen molar-refractivity contribution in [1.82, 2.24) is 10.2 Å². The monoisotopic (exact) mass is 256 g/mol. The van der Waals surface area contributed by atoms with Gasteiger partial charge in [-0.25, -0.2) is 0 Å². The number of carbonyl (C=O) groups is 1. The van der Waals surface area contributed by atoms with E-state index in [0.29, 0.717) is 6.61 Å². The fourth-order valence-electron chi connectivity index (χ4n) is 2.55. The molecule has 1 fully saturated rings. The number of nitrogens with zero attached hydrogens (tertiary/aromatic N) is 1. The van der Waals surface area contributed by atoms with Crippen molar-refractivity contribution in [3.05, 3.63) is 0 Å². The van der Waals surface area contributed by atoms with Gasteiger partial charge in [0.05, 0.1) is 6.61 Å². The Kier molecular flexibility index (Phi) is 6.09. The number of ether oxygens (including phenoxy) is 1. The van der Waals surface area contributed by atoms with Crippen LogP contribution in [-0.2, 0) is 9.53 Å². The summed E-state index contributed by atoms with van der Waals surface area (Å²) in [5, 5.41) is 3.28. The van der Waals surface area contributed by atoms with Crippen molar-refractivity contribution in [2.45, 2.75) is 46.1 Å². The third-order valence-electron chi connectivity index (χ3n) is 3.73. The average molecular weight is 256 g/mol. The zero-order valence-corrected chi connectivity index (χ0v) is 12.3. The minimum Gasteiger partial charge on any atom is -0.465 e. The Hall–Kier alpha value is -0.610. The maximum Gasteiger partial charge on any atom is 0.326 e. The number of carbonyl (C=O) groups excluding carboxylic acids is 1. The lowest BCUT2D eigenvalue weighted by Crippen LogP contribution is -2.52. The van der Waals surface area contributed by atoms with Crippen molar-refractivity contribution in [3.63, 3.8) is 0 Å². The molecule has 4 heteroatoms. The smallest absolute Gasteiger partial charge is 0.326 e. The molecule has 1 aliphatic rings. The Labute approximate surface area is 111 Å². The molecule has 0 spiro atoms. The molecule has 0 aromatic rings. The van der Waals surface area contributed by atoms with Gasteiger partial charge in [-0.2, -0.15) is 0 Å². The number of rotatable bonds is 7. The van der Waals surface area contributed by atoms with Gasteiger partial charge in [-0.1, -0.05) is 13.8 Å². The van der Waals surface area contributed by atoms with Gasteiger partial charge in [-0.05, 0) is 45.7 Å². The van der Waals surface area contributed by atoms with Crippen LogP contribution in [0, 0.1) is 5.92 Å². The third-order valence-corrected chi connectivity index (χ3v) is 3.73. The van der Waals surface area contributed by atoms with Gasteiger partial charge in [-0.15, -0.1) is 0 Å². The van der Waals surface area contributed by atoms with E-state index in [0.717, 1.165) is 38.5 Å². The molecule has 1 saturated heterocycles. The molecule has 2 atom stereocenters. The van der Waals surface area contributed by atoms with Crippen molar-refractivity contribution >= 4 is 5.97 Å². The minimum atomic E-state index is -0.545. The predicted octanol–water partition coefficient (Wildman–Crippen LogP) is 1.65. The highest BCUT2D eigenvalue weighted by atomic mass is 16.5. The first kappa shape index (κ1) is 15.4. The van der Waals surface area contributed by atoms with Gasteiger partial charge >= 0.3 is 5.97 Å². The SMILES string of the molecule is CCNC(C)(CCN1CCC(C)C1)C(=O)OCC.